The minimum Gasteiger partial charge on any atom is -0.394 e. The number of hydrogen-bond acceptors (Lipinski definition) is 3. The lowest BCUT2D eigenvalue weighted by atomic mass is 10.2. The van der Waals surface area contributed by atoms with E-state index >= 15 is 0 Å². The van der Waals surface area contributed by atoms with Gasteiger partial charge in [0.25, 0.3) is 5.91 Å². The predicted molar refractivity (Wildman–Crippen MR) is 67.9 cm³/mol. The van der Waals surface area contributed by atoms with E-state index in [4.69, 9.17) is 39.9 Å². The molecule has 4 nitrogen and oxygen atoms in total. The molecule has 94 valence electrons. The van der Waals surface area contributed by atoms with E-state index in [-0.39, 0.29) is 33.4 Å². The summed E-state index contributed by atoms with van der Waals surface area (Å²) in [6.07, 6.45) is 1.85. The molecule has 0 bridgehead atoms. The van der Waals surface area contributed by atoms with Crippen molar-refractivity contribution in [1.82, 2.24) is 10.3 Å². The van der Waals surface area contributed by atoms with Crippen LogP contribution in [0.4, 0.5) is 0 Å². The molecule has 0 aliphatic rings. The van der Waals surface area contributed by atoms with Crippen LogP contribution in [0.3, 0.4) is 0 Å². The first-order valence-corrected chi connectivity index (χ1v) is 6.05. The Morgan fingerprint density at radius 1 is 1.47 bits per heavy atom. The van der Waals surface area contributed by atoms with E-state index in [0.717, 1.165) is 0 Å². The first kappa shape index (κ1) is 14.5. The number of carbonyl (C=O) groups excluding carboxylic acids is 1. The number of hydrogen-bond donors (Lipinski definition) is 2. The number of carbonyl (C=O) groups is 1. The van der Waals surface area contributed by atoms with Crippen LogP contribution >= 0.6 is 34.8 Å². The van der Waals surface area contributed by atoms with Crippen LogP contribution < -0.4 is 5.32 Å². The van der Waals surface area contributed by atoms with Gasteiger partial charge in [-0.2, -0.15) is 0 Å². The standard InChI is InChI=1S/C10H11Cl3N2O2/c1-2-5(4-16)15-10(17)9-8(13)7(12)6(11)3-14-9/h3,5,16H,2,4H2,1H3,(H,15,17)/t5-/m0/s1. The van der Waals surface area contributed by atoms with Crippen molar-refractivity contribution >= 4 is 40.7 Å². The molecule has 0 fully saturated rings. The fraction of sp³-hybridized carbons (Fsp3) is 0.400. The molecule has 1 atom stereocenters. The van der Waals surface area contributed by atoms with Crippen LogP contribution in [0.2, 0.25) is 15.1 Å². The van der Waals surface area contributed by atoms with Gasteiger partial charge >= 0.3 is 0 Å². The zero-order valence-corrected chi connectivity index (χ0v) is 11.3. The lowest BCUT2D eigenvalue weighted by Crippen LogP contribution is -2.37. The minimum atomic E-state index is -0.491. The van der Waals surface area contributed by atoms with Crippen molar-refractivity contribution in [3.05, 3.63) is 27.0 Å². The number of halogens is 3. The maximum absolute atomic E-state index is 11.8. The fourth-order valence-electron chi connectivity index (χ4n) is 1.13. The maximum atomic E-state index is 11.8. The van der Waals surface area contributed by atoms with Crippen LogP contribution in [0.15, 0.2) is 6.20 Å². The highest BCUT2D eigenvalue weighted by Gasteiger charge is 2.18. The molecular weight excluding hydrogens is 286 g/mol. The van der Waals surface area contributed by atoms with Gasteiger partial charge in [-0.25, -0.2) is 4.98 Å². The van der Waals surface area contributed by atoms with E-state index < -0.39 is 5.91 Å². The minimum absolute atomic E-state index is 0.00413. The molecule has 0 radical (unpaired) electrons. The SMILES string of the molecule is CC[C@@H](CO)NC(=O)c1ncc(Cl)c(Cl)c1Cl. The summed E-state index contributed by atoms with van der Waals surface area (Å²) in [6.45, 7) is 1.69. The number of aliphatic hydroxyl groups excluding tert-OH is 1. The summed E-state index contributed by atoms with van der Waals surface area (Å²) in [5.74, 6) is -0.491. The summed E-state index contributed by atoms with van der Waals surface area (Å²) in [4.78, 5) is 15.6. The third-order valence-corrected chi connectivity index (χ3v) is 3.42. The van der Waals surface area contributed by atoms with Crippen LogP contribution in [0, 0.1) is 0 Å². The first-order chi connectivity index (χ1) is 8.01. The third-order valence-electron chi connectivity index (χ3n) is 2.18. The second-order valence-corrected chi connectivity index (χ2v) is 4.51. The largest absolute Gasteiger partial charge is 0.394 e. The van der Waals surface area contributed by atoms with Gasteiger partial charge in [-0.15, -0.1) is 0 Å². The maximum Gasteiger partial charge on any atom is 0.271 e. The van der Waals surface area contributed by atoms with Crippen LogP contribution in [0.25, 0.3) is 0 Å². The Morgan fingerprint density at radius 2 is 2.12 bits per heavy atom. The molecule has 1 aromatic rings. The van der Waals surface area contributed by atoms with E-state index in [1.165, 1.54) is 6.20 Å². The van der Waals surface area contributed by atoms with E-state index in [2.05, 4.69) is 10.3 Å². The van der Waals surface area contributed by atoms with Gasteiger partial charge in [0.1, 0.15) is 5.69 Å². The van der Waals surface area contributed by atoms with Gasteiger partial charge in [-0.05, 0) is 6.42 Å². The predicted octanol–water partition coefficient (Wildman–Crippen LogP) is 2.54. The molecule has 0 aliphatic carbocycles. The number of nitrogens with one attached hydrogen (secondary N) is 1. The van der Waals surface area contributed by atoms with Gasteiger partial charge < -0.3 is 10.4 Å². The van der Waals surface area contributed by atoms with Crippen molar-refractivity contribution in [1.29, 1.82) is 0 Å². The van der Waals surface area contributed by atoms with Crippen molar-refractivity contribution in [2.45, 2.75) is 19.4 Å². The number of nitrogens with zero attached hydrogens (tertiary/aromatic N) is 1. The Labute approximate surface area is 114 Å². The average molecular weight is 298 g/mol. The third kappa shape index (κ3) is 3.45. The molecule has 1 rings (SSSR count). The second-order valence-electron chi connectivity index (χ2n) is 3.34. The van der Waals surface area contributed by atoms with Gasteiger partial charge in [0.15, 0.2) is 0 Å². The van der Waals surface area contributed by atoms with Gasteiger partial charge in [0, 0.05) is 6.20 Å². The molecule has 1 aromatic heterocycles. The zero-order chi connectivity index (χ0) is 13.0. The number of rotatable bonds is 4. The summed E-state index contributed by atoms with van der Waals surface area (Å²) in [5.41, 5.74) is -0.00651. The normalized spacial score (nSPS) is 12.3. The Hall–Kier alpha value is -0.550. The molecule has 0 saturated carbocycles. The Bertz CT molecular complexity index is 422. The molecular formula is C10H11Cl3N2O2. The highest BCUT2D eigenvalue weighted by molar-refractivity contribution is 6.48. The lowest BCUT2D eigenvalue weighted by Gasteiger charge is -2.14. The molecule has 1 amide bonds. The van der Waals surface area contributed by atoms with Gasteiger partial charge in [-0.3, -0.25) is 4.79 Å². The van der Waals surface area contributed by atoms with Crippen LogP contribution in [0.1, 0.15) is 23.8 Å². The van der Waals surface area contributed by atoms with Crippen LogP contribution in [-0.2, 0) is 0 Å². The zero-order valence-electron chi connectivity index (χ0n) is 9.01. The highest BCUT2D eigenvalue weighted by Crippen LogP contribution is 2.30. The number of aromatic nitrogens is 1. The fourth-order valence-corrected chi connectivity index (χ4v) is 1.70. The van der Waals surface area contributed by atoms with Crippen molar-refractivity contribution < 1.29 is 9.90 Å². The van der Waals surface area contributed by atoms with E-state index in [1.807, 2.05) is 6.92 Å². The summed E-state index contributed by atoms with van der Waals surface area (Å²) in [6, 6.07) is -0.338. The van der Waals surface area contributed by atoms with Crippen molar-refractivity contribution in [2.24, 2.45) is 0 Å². The summed E-state index contributed by atoms with van der Waals surface area (Å²) < 4.78 is 0. The smallest absolute Gasteiger partial charge is 0.271 e. The molecule has 1 heterocycles. The molecule has 2 N–H and O–H groups in total. The first-order valence-electron chi connectivity index (χ1n) is 4.92. The monoisotopic (exact) mass is 296 g/mol. The van der Waals surface area contributed by atoms with E-state index in [0.29, 0.717) is 6.42 Å². The van der Waals surface area contributed by atoms with Crippen LogP contribution in [-0.4, -0.2) is 28.6 Å². The van der Waals surface area contributed by atoms with Crippen LogP contribution in [0.5, 0.6) is 0 Å². The highest BCUT2D eigenvalue weighted by atomic mass is 35.5. The summed E-state index contributed by atoms with van der Waals surface area (Å²) >= 11 is 17.4. The van der Waals surface area contributed by atoms with Crippen molar-refractivity contribution in [2.75, 3.05) is 6.61 Å². The summed E-state index contributed by atoms with van der Waals surface area (Å²) in [5, 5.41) is 11.8. The molecule has 0 aromatic carbocycles. The molecule has 7 heteroatoms. The number of pyridine rings is 1. The Morgan fingerprint density at radius 3 is 2.65 bits per heavy atom. The van der Waals surface area contributed by atoms with Gasteiger partial charge in [0.2, 0.25) is 0 Å². The van der Waals surface area contributed by atoms with E-state index in [9.17, 15) is 4.79 Å². The van der Waals surface area contributed by atoms with E-state index in [1.54, 1.807) is 0 Å². The molecule has 17 heavy (non-hydrogen) atoms. The lowest BCUT2D eigenvalue weighted by molar-refractivity contribution is 0.0910. The Balaban J connectivity index is 2.93. The van der Waals surface area contributed by atoms with Crippen molar-refractivity contribution in [3.8, 4) is 0 Å². The second kappa shape index (κ2) is 6.40. The molecule has 0 saturated heterocycles. The quantitative estimate of drug-likeness (QED) is 0.898. The number of aliphatic hydroxyl groups is 1. The van der Waals surface area contributed by atoms with Crippen molar-refractivity contribution in [3.63, 3.8) is 0 Å². The topological polar surface area (TPSA) is 62.2 Å². The summed E-state index contributed by atoms with van der Waals surface area (Å²) in [7, 11) is 0. The Kier molecular flexibility index (Phi) is 5.46. The molecule has 0 spiro atoms. The average Bonchev–Trinajstić information content (AvgIpc) is 2.32. The molecule has 0 aliphatic heterocycles. The van der Waals surface area contributed by atoms with Gasteiger partial charge in [-0.1, -0.05) is 41.7 Å². The molecule has 0 unspecified atom stereocenters. The number of amides is 1. The van der Waals surface area contributed by atoms with Gasteiger partial charge in [0.05, 0.1) is 27.7 Å².